The fourth-order valence-electron chi connectivity index (χ4n) is 1.48. The Balaban J connectivity index is 0.000000433. The highest BCUT2D eigenvalue weighted by Gasteiger charge is 2.13. The molecule has 0 fully saturated rings. The normalized spacial score (nSPS) is 13.0. The third-order valence-corrected chi connectivity index (χ3v) is 3.73. The van der Waals surface area contributed by atoms with Gasteiger partial charge >= 0.3 is 11.9 Å². The maximum atomic E-state index is 10.6. The number of carboxylic acid groups (broad SMARTS) is 2. The summed E-state index contributed by atoms with van der Waals surface area (Å²) >= 11 is 0. The highest BCUT2D eigenvalue weighted by molar-refractivity contribution is 5.87. The summed E-state index contributed by atoms with van der Waals surface area (Å²) in [6, 6.07) is 7.09. The molecule has 2 unspecified atom stereocenters. The van der Waals surface area contributed by atoms with E-state index >= 15 is 0 Å². The van der Waals surface area contributed by atoms with E-state index in [0.29, 0.717) is 11.5 Å². The highest BCUT2D eigenvalue weighted by Crippen LogP contribution is 2.18. The maximum absolute atomic E-state index is 10.6. The zero-order valence-electron chi connectivity index (χ0n) is 13.5. The number of rotatable bonds is 5. The lowest BCUT2D eigenvalue weighted by atomic mass is 9.98. The van der Waals surface area contributed by atoms with E-state index in [1.54, 1.807) is 19.1 Å². The molecule has 4 heteroatoms. The first-order chi connectivity index (χ1) is 9.70. The Kier molecular flexibility index (Phi) is 8.36. The van der Waals surface area contributed by atoms with E-state index in [1.165, 1.54) is 5.56 Å². The zero-order chi connectivity index (χ0) is 16.6. The van der Waals surface area contributed by atoms with E-state index in [9.17, 15) is 9.59 Å². The van der Waals surface area contributed by atoms with Crippen LogP contribution in [0, 0.1) is 11.8 Å². The van der Waals surface area contributed by atoms with Crippen molar-refractivity contribution in [2.75, 3.05) is 0 Å². The number of hydrogen-bond donors (Lipinski definition) is 2. The van der Waals surface area contributed by atoms with Crippen LogP contribution in [0.15, 0.2) is 24.3 Å². The lowest BCUT2D eigenvalue weighted by molar-refractivity contribution is -0.142. The zero-order valence-corrected chi connectivity index (χ0v) is 13.5. The molecule has 0 spiro atoms. The van der Waals surface area contributed by atoms with Gasteiger partial charge < -0.3 is 10.2 Å². The SMILES string of the molecule is CC(C)C(C)C(=O)O.CCC(C)c1ccc(C(=O)O)cc1. The summed E-state index contributed by atoms with van der Waals surface area (Å²) in [5.41, 5.74) is 1.56. The van der Waals surface area contributed by atoms with Gasteiger partial charge in [0.15, 0.2) is 0 Å². The largest absolute Gasteiger partial charge is 0.481 e. The van der Waals surface area contributed by atoms with Crippen molar-refractivity contribution in [3.63, 3.8) is 0 Å². The Morgan fingerprint density at radius 1 is 1.00 bits per heavy atom. The first-order valence-electron chi connectivity index (χ1n) is 7.26. The molecule has 4 nitrogen and oxygen atoms in total. The maximum Gasteiger partial charge on any atom is 0.335 e. The molecule has 1 aromatic carbocycles. The number of carbonyl (C=O) groups is 2. The van der Waals surface area contributed by atoms with Gasteiger partial charge in [-0.05, 0) is 36.0 Å². The summed E-state index contributed by atoms with van der Waals surface area (Å²) in [7, 11) is 0. The van der Waals surface area contributed by atoms with Crippen LogP contribution in [-0.2, 0) is 4.79 Å². The van der Waals surface area contributed by atoms with Crippen molar-refractivity contribution < 1.29 is 19.8 Å². The van der Waals surface area contributed by atoms with E-state index in [4.69, 9.17) is 10.2 Å². The van der Waals surface area contributed by atoms with E-state index in [2.05, 4.69) is 13.8 Å². The molecule has 0 saturated carbocycles. The Morgan fingerprint density at radius 3 is 1.71 bits per heavy atom. The second-order valence-corrected chi connectivity index (χ2v) is 5.61. The van der Waals surface area contributed by atoms with Crippen molar-refractivity contribution in [3.8, 4) is 0 Å². The number of carboxylic acids is 2. The first-order valence-corrected chi connectivity index (χ1v) is 7.26. The van der Waals surface area contributed by atoms with Crippen LogP contribution in [0.25, 0.3) is 0 Å². The molecule has 0 saturated heterocycles. The predicted molar refractivity (Wildman–Crippen MR) is 83.7 cm³/mol. The minimum atomic E-state index is -0.865. The monoisotopic (exact) mass is 294 g/mol. The average molecular weight is 294 g/mol. The Labute approximate surface area is 126 Å². The molecule has 21 heavy (non-hydrogen) atoms. The van der Waals surface area contributed by atoms with Gasteiger partial charge in [-0.15, -0.1) is 0 Å². The van der Waals surface area contributed by atoms with Gasteiger partial charge in [0, 0.05) is 0 Å². The van der Waals surface area contributed by atoms with Crippen molar-refractivity contribution in [1.82, 2.24) is 0 Å². The highest BCUT2D eigenvalue weighted by atomic mass is 16.4. The molecule has 1 aromatic rings. The van der Waals surface area contributed by atoms with Gasteiger partial charge in [0.1, 0.15) is 0 Å². The Bertz CT molecular complexity index is 448. The Morgan fingerprint density at radius 2 is 1.48 bits per heavy atom. The molecule has 0 aliphatic rings. The second-order valence-electron chi connectivity index (χ2n) is 5.61. The van der Waals surface area contributed by atoms with Gasteiger partial charge in [0.05, 0.1) is 11.5 Å². The molecule has 0 aliphatic heterocycles. The van der Waals surface area contributed by atoms with Gasteiger partial charge in [0.2, 0.25) is 0 Å². The minimum Gasteiger partial charge on any atom is -0.481 e. The molecular formula is C17H26O4. The number of hydrogen-bond acceptors (Lipinski definition) is 2. The van der Waals surface area contributed by atoms with Crippen molar-refractivity contribution >= 4 is 11.9 Å². The fourth-order valence-corrected chi connectivity index (χ4v) is 1.48. The molecule has 0 heterocycles. The van der Waals surface area contributed by atoms with Crippen molar-refractivity contribution in [2.24, 2.45) is 11.8 Å². The summed E-state index contributed by atoms with van der Waals surface area (Å²) in [4.78, 5) is 20.7. The van der Waals surface area contributed by atoms with Crippen LogP contribution in [0.2, 0.25) is 0 Å². The van der Waals surface area contributed by atoms with E-state index in [-0.39, 0.29) is 11.8 Å². The predicted octanol–water partition coefficient (Wildman–Crippen LogP) is 4.26. The van der Waals surface area contributed by atoms with Crippen LogP contribution < -0.4 is 0 Å². The van der Waals surface area contributed by atoms with Crippen LogP contribution in [0.1, 0.15) is 62.9 Å². The van der Waals surface area contributed by atoms with Crippen molar-refractivity contribution in [1.29, 1.82) is 0 Å². The van der Waals surface area contributed by atoms with Gasteiger partial charge in [-0.1, -0.05) is 46.8 Å². The average Bonchev–Trinajstić information content (AvgIpc) is 2.46. The summed E-state index contributed by atoms with van der Waals surface area (Å²) in [6.45, 7) is 9.77. The second kappa shape index (κ2) is 9.16. The van der Waals surface area contributed by atoms with E-state index in [0.717, 1.165) is 6.42 Å². The van der Waals surface area contributed by atoms with Gasteiger partial charge in [-0.2, -0.15) is 0 Å². The van der Waals surface area contributed by atoms with Crippen LogP contribution in [0.5, 0.6) is 0 Å². The van der Waals surface area contributed by atoms with Crippen LogP contribution in [0.4, 0.5) is 0 Å². The van der Waals surface area contributed by atoms with Crippen LogP contribution in [-0.4, -0.2) is 22.2 Å². The summed E-state index contributed by atoms with van der Waals surface area (Å²) in [5.74, 6) is -1.04. The summed E-state index contributed by atoms with van der Waals surface area (Å²) in [6.07, 6.45) is 1.08. The molecule has 0 radical (unpaired) electrons. The molecular weight excluding hydrogens is 268 g/mol. The standard InChI is InChI=1S/C11H14O2.C6H12O2/c1-3-8(2)9-4-6-10(7-5-9)11(12)13;1-4(2)5(3)6(7)8/h4-8H,3H2,1-2H3,(H,12,13);4-5H,1-3H3,(H,7,8). The minimum absolute atomic E-state index is 0.213. The number of aliphatic carboxylic acids is 1. The van der Waals surface area contributed by atoms with Gasteiger partial charge in [-0.3, -0.25) is 4.79 Å². The quantitative estimate of drug-likeness (QED) is 0.850. The number of benzene rings is 1. The molecule has 118 valence electrons. The van der Waals surface area contributed by atoms with E-state index in [1.807, 2.05) is 26.0 Å². The molecule has 2 N–H and O–H groups in total. The van der Waals surface area contributed by atoms with Crippen LogP contribution >= 0.6 is 0 Å². The van der Waals surface area contributed by atoms with Crippen molar-refractivity contribution in [2.45, 2.75) is 47.0 Å². The Hall–Kier alpha value is -1.84. The van der Waals surface area contributed by atoms with Gasteiger partial charge in [-0.25, -0.2) is 4.79 Å². The summed E-state index contributed by atoms with van der Waals surface area (Å²) in [5, 5.41) is 17.0. The third kappa shape index (κ3) is 6.93. The van der Waals surface area contributed by atoms with E-state index < -0.39 is 11.9 Å². The third-order valence-electron chi connectivity index (χ3n) is 3.73. The van der Waals surface area contributed by atoms with Crippen LogP contribution in [0.3, 0.4) is 0 Å². The molecule has 0 aromatic heterocycles. The van der Waals surface area contributed by atoms with Gasteiger partial charge in [0.25, 0.3) is 0 Å². The first kappa shape index (κ1) is 19.2. The summed E-state index contributed by atoms with van der Waals surface area (Å²) < 4.78 is 0. The van der Waals surface area contributed by atoms with Crippen molar-refractivity contribution in [3.05, 3.63) is 35.4 Å². The molecule has 0 amide bonds. The molecule has 2 atom stereocenters. The fraction of sp³-hybridized carbons (Fsp3) is 0.529. The lowest BCUT2D eigenvalue weighted by Gasteiger charge is -2.08. The molecule has 0 aliphatic carbocycles. The topological polar surface area (TPSA) is 74.6 Å². The lowest BCUT2D eigenvalue weighted by Crippen LogP contribution is -2.15. The molecule has 0 bridgehead atoms. The number of aromatic carboxylic acids is 1. The smallest absolute Gasteiger partial charge is 0.335 e. The molecule has 1 rings (SSSR count).